The lowest BCUT2D eigenvalue weighted by molar-refractivity contribution is -0.132. The normalized spacial score (nSPS) is 19.5. The van der Waals surface area contributed by atoms with Gasteiger partial charge in [0.15, 0.2) is 0 Å². The first-order chi connectivity index (χ1) is 15.1. The van der Waals surface area contributed by atoms with Crippen LogP contribution in [0.15, 0.2) is 60.7 Å². The molecule has 3 amide bonds. The van der Waals surface area contributed by atoms with Gasteiger partial charge in [-0.2, -0.15) is 0 Å². The summed E-state index contributed by atoms with van der Waals surface area (Å²) in [5.74, 6) is -0.175. The third-order valence-electron chi connectivity index (χ3n) is 6.19. The molecule has 0 bridgehead atoms. The molecular weight excluding hydrogens is 390 g/mol. The third-order valence-corrected chi connectivity index (χ3v) is 6.19. The molecule has 1 atom stereocenters. The highest BCUT2D eigenvalue weighted by Crippen LogP contribution is 2.21. The fourth-order valence-electron chi connectivity index (χ4n) is 4.38. The van der Waals surface area contributed by atoms with Crippen LogP contribution in [0.5, 0.6) is 0 Å². The first kappa shape index (κ1) is 21.1. The fraction of sp³-hybridized carbons (Fsp3) is 0.400. The minimum atomic E-state index is -0.297. The second-order valence-electron chi connectivity index (χ2n) is 8.49. The topological polar surface area (TPSA) is 69.7 Å². The molecule has 0 radical (unpaired) electrons. The molecule has 4 rings (SSSR count). The lowest BCUT2D eigenvalue weighted by atomic mass is 10.0. The van der Waals surface area contributed by atoms with E-state index in [9.17, 15) is 14.4 Å². The van der Waals surface area contributed by atoms with Crippen molar-refractivity contribution in [2.45, 2.75) is 38.3 Å². The van der Waals surface area contributed by atoms with Crippen molar-refractivity contribution >= 4 is 17.7 Å². The van der Waals surface area contributed by atoms with E-state index < -0.39 is 0 Å². The van der Waals surface area contributed by atoms with E-state index in [-0.39, 0.29) is 36.1 Å². The van der Waals surface area contributed by atoms with Crippen molar-refractivity contribution in [3.05, 3.63) is 71.8 Å². The number of carbonyl (C=O) groups is 3. The van der Waals surface area contributed by atoms with E-state index in [1.165, 1.54) is 0 Å². The number of nitrogens with one attached hydrogen (secondary N) is 1. The minimum Gasteiger partial charge on any atom is -0.353 e. The van der Waals surface area contributed by atoms with Gasteiger partial charge in [-0.15, -0.1) is 0 Å². The number of amides is 3. The van der Waals surface area contributed by atoms with Gasteiger partial charge in [0.25, 0.3) is 0 Å². The summed E-state index contributed by atoms with van der Waals surface area (Å²) in [7, 11) is 0. The Morgan fingerprint density at radius 2 is 1.52 bits per heavy atom. The molecule has 0 aromatic heterocycles. The van der Waals surface area contributed by atoms with Crippen molar-refractivity contribution in [2.24, 2.45) is 5.92 Å². The van der Waals surface area contributed by atoms with Crippen molar-refractivity contribution in [2.75, 3.05) is 19.6 Å². The smallest absolute Gasteiger partial charge is 0.226 e. The van der Waals surface area contributed by atoms with Gasteiger partial charge in [0.2, 0.25) is 17.7 Å². The van der Waals surface area contributed by atoms with Crippen molar-refractivity contribution in [1.29, 1.82) is 0 Å². The Morgan fingerprint density at radius 3 is 2.16 bits per heavy atom. The molecule has 0 saturated carbocycles. The Morgan fingerprint density at radius 1 is 0.903 bits per heavy atom. The molecular formula is C25H29N3O3. The summed E-state index contributed by atoms with van der Waals surface area (Å²) in [5.41, 5.74) is 2.10. The van der Waals surface area contributed by atoms with E-state index in [1.807, 2.05) is 65.6 Å². The van der Waals surface area contributed by atoms with E-state index in [0.717, 1.165) is 24.0 Å². The summed E-state index contributed by atoms with van der Waals surface area (Å²) in [4.78, 5) is 41.3. The van der Waals surface area contributed by atoms with Crippen molar-refractivity contribution in [1.82, 2.24) is 15.1 Å². The molecule has 0 aliphatic carbocycles. The Labute approximate surface area is 183 Å². The molecule has 6 heteroatoms. The second kappa shape index (κ2) is 9.77. The predicted octanol–water partition coefficient (Wildman–Crippen LogP) is 2.38. The number of piperidine rings is 1. The Kier molecular flexibility index (Phi) is 6.65. The first-order valence-corrected chi connectivity index (χ1v) is 11.0. The quantitative estimate of drug-likeness (QED) is 0.782. The number of nitrogens with zero attached hydrogens (tertiary/aromatic N) is 2. The molecule has 0 spiro atoms. The summed E-state index contributed by atoms with van der Waals surface area (Å²) in [5, 5.41) is 3.12. The van der Waals surface area contributed by atoms with Gasteiger partial charge in [-0.25, -0.2) is 0 Å². The highest BCUT2D eigenvalue weighted by molar-refractivity contribution is 5.89. The van der Waals surface area contributed by atoms with Gasteiger partial charge >= 0.3 is 0 Å². The van der Waals surface area contributed by atoms with Crippen LogP contribution in [-0.2, 0) is 27.3 Å². The van der Waals surface area contributed by atoms with E-state index in [4.69, 9.17) is 0 Å². The molecule has 2 heterocycles. The maximum Gasteiger partial charge on any atom is 0.226 e. The van der Waals surface area contributed by atoms with E-state index in [1.54, 1.807) is 4.90 Å². The Balaban J connectivity index is 1.22. The molecule has 2 aliphatic heterocycles. The zero-order valence-electron chi connectivity index (χ0n) is 17.7. The van der Waals surface area contributed by atoms with Gasteiger partial charge in [0, 0.05) is 38.6 Å². The zero-order valence-corrected chi connectivity index (χ0v) is 17.7. The molecule has 1 unspecified atom stereocenters. The van der Waals surface area contributed by atoms with Crippen molar-refractivity contribution < 1.29 is 14.4 Å². The molecule has 2 aromatic rings. The van der Waals surface area contributed by atoms with Crippen LogP contribution in [0.25, 0.3) is 0 Å². The SMILES string of the molecule is O=C(NC1CCN(C(=O)Cc2ccccc2)CC1)C1CC(=O)N(Cc2ccccc2)C1. The number of carbonyl (C=O) groups excluding carboxylic acids is 3. The summed E-state index contributed by atoms with van der Waals surface area (Å²) < 4.78 is 0. The van der Waals surface area contributed by atoms with Crippen LogP contribution in [0.4, 0.5) is 0 Å². The number of benzene rings is 2. The monoisotopic (exact) mass is 419 g/mol. The zero-order chi connectivity index (χ0) is 21.6. The van der Waals surface area contributed by atoms with Crippen LogP contribution in [0.3, 0.4) is 0 Å². The lowest BCUT2D eigenvalue weighted by Gasteiger charge is -2.33. The number of rotatable bonds is 6. The van der Waals surface area contributed by atoms with Gasteiger partial charge in [-0.05, 0) is 24.0 Å². The van der Waals surface area contributed by atoms with Crippen molar-refractivity contribution in [3.63, 3.8) is 0 Å². The Bertz CT molecular complexity index is 908. The maximum atomic E-state index is 12.7. The van der Waals surface area contributed by atoms with Gasteiger partial charge in [-0.3, -0.25) is 14.4 Å². The average Bonchev–Trinajstić information content (AvgIpc) is 3.16. The highest BCUT2D eigenvalue weighted by Gasteiger charge is 2.35. The standard InChI is InChI=1S/C25H29N3O3/c29-23(15-19-7-3-1-4-8-19)27-13-11-22(12-14-27)26-25(31)21-16-24(30)28(18-21)17-20-9-5-2-6-10-20/h1-10,21-22H,11-18H2,(H,26,31). The minimum absolute atomic E-state index is 0.0327. The summed E-state index contributed by atoms with van der Waals surface area (Å²) >= 11 is 0. The molecule has 6 nitrogen and oxygen atoms in total. The van der Waals surface area contributed by atoms with Gasteiger partial charge < -0.3 is 15.1 Å². The summed E-state index contributed by atoms with van der Waals surface area (Å²) in [6.45, 7) is 2.32. The molecule has 162 valence electrons. The van der Waals surface area contributed by atoms with E-state index in [2.05, 4.69) is 5.32 Å². The van der Waals surface area contributed by atoms with E-state index >= 15 is 0 Å². The van der Waals surface area contributed by atoms with Crippen LogP contribution >= 0.6 is 0 Å². The van der Waals surface area contributed by atoms with Crippen LogP contribution in [0, 0.1) is 5.92 Å². The molecule has 2 aromatic carbocycles. The number of hydrogen-bond donors (Lipinski definition) is 1. The first-order valence-electron chi connectivity index (χ1n) is 11.0. The molecule has 2 aliphatic rings. The molecule has 31 heavy (non-hydrogen) atoms. The van der Waals surface area contributed by atoms with Gasteiger partial charge in [0.05, 0.1) is 12.3 Å². The van der Waals surface area contributed by atoms with Crippen LogP contribution in [-0.4, -0.2) is 53.2 Å². The van der Waals surface area contributed by atoms with Gasteiger partial charge in [-0.1, -0.05) is 60.7 Å². The maximum absolute atomic E-state index is 12.7. The number of likely N-dealkylation sites (tertiary alicyclic amines) is 2. The van der Waals surface area contributed by atoms with E-state index in [0.29, 0.717) is 32.6 Å². The third kappa shape index (κ3) is 5.51. The number of hydrogen-bond acceptors (Lipinski definition) is 3. The van der Waals surface area contributed by atoms with Gasteiger partial charge in [0.1, 0.15) is 0 Å². The Hall–Kier alpha value is -3.15. The summed E-state index contributed by atoms with van der Waals surface area (Å²) in [6.07, 6.45) is 2.19. The fourth-order valence-corrected chi connectivity index (χ4v) is 4.38. The van der Waals surface area contributed by atoms with Crippen LogP contribution in [0.1, 0.15) is 30.4 Å². The highest BCUT2D eigenvalue weighted by atomic mass is 16.2. The summed E-state index contributed by atoms with van der Waals surface area (Å²) in [6, 6.07) is 19.7. The molecule has 2 saturated heterocycles. The predicted molar refractivity (Wildman–Crippen MR) is 118 cm³/mol. The largest absolute Gasteiger partial charge is 0.353 e. The molecule has 2 fully saturated rings. The van der Waals surface area contributed by atoms with Crippen molar-refractivity contribution in [3.8, 4) is 0 Å². The van der Waals surface area contributed by atoms with Crippen LogP contribution in [0.2, 0.25) is 0 Å². The lowest BCUT2D eigenvalue weighted by Crippen LogP contribution is -2.48. The average molecular weight is 420 g/mol. The molecule has 1 N–H and O–H groups in total. The second-order valence-corrected chi connectivity index (χ2v) is 8.49. The van der Waals surface area contributed by atoms with Crippen LogP contribution < -0.4 is 5.32 Å².